The number of H-pyrrole nitrogens is 1. The van der Waals surface area contributed by atoms with Crippen LogP contribution in [0.2, 0.25) is 0 Å². The second-order valence-electron chi connectivity index (χ2n) is 6.73. The zero-order valence-electron chi connectivity index (χ0n) is 13.0. The summed E-state index contributed by atoms with van der Waals surface area (Å²) in [6, 6.07) is 11.2. The van der Waals surface area contributed by atoms with Gasteiger partial charge in [-0.25, -0.2) is 4.98 Å². The van der Waals surface area contributed by atoms with E-state index in [0.717, 1.165) is 17.5 Å². The van der Waals surface area contributed by atoms with Gasteiger partial charge in [-0.15, -0.1) is 0 Å². The third kappa shape index (κ3) is 2.43. The minimum absolute atomic E-state index is 0.399. The van der Waals surface area contributed by atoms with Crippen molar-refractivity contribution in [1.29, 1.82) is 0 Å². The van der Waals surface area contributed by atoms with Crippen LogP contribution in [0.5, 0.6) is 0 Å². The molecule has 0 spiro atoms. The first-order valence-electron chi connectivity index (χ1n) is 8.56. The molecule has 2 fully saturated rings. The molecule has 0 radical (unpaired) electrons. The Hall–Kier alpha value is -1.88. The summed E-state index contributed by atoms with van der Waals surface area (Å²) in [5.41, 5.74) is 2.54. The Morgan fingerprint density at radius 1 is 1.13 bits per heavy atom. The van der Waals surface area contributed by atoms with Crippen molar-refractivity contribution < 1.29 is 0 Å². The molecule has 1 aliphatic heterocycles. The number of aromatic nitrogens is 3. The van der Waals surface area contributed by atoms with Crippen molar-refractivity contribution in [2.24, 2.45) is 0 Å². The summed E-state index contributed by atoms with van der Waals surface area (Å²) >= 11 is 1.58. The molecule has 3 aromatic rings. The van der Waals surface area contributed by atoms with Crippen LogP contribution >= 0.6 is 11.5 Å². The smallest absolute Gasteiger partial charge is 0.205 e. The maximum absolute atomic E-state index is 4.85. The van der Waals surface area contributed by atoms with Crippen LogP contribution in [0.25, 0.3) is 10.9 Å². The Labute approximate surface area is 139 Å². The number of hydrogen-bond acceptors (Lipinski definition) is 4. The number of rotatable bonds is 3. The van der Waals surface area contributed by atoms with Crippen LogP contribution in [0.4, 0.5) is 5.13 Å². The quantitative estimate of drug-likeness (QED) is 0.764. The summed E-state index contributed by atoms with van der Waals surface area (Å²) in [6.07, 6.45) is 6.24. The number of aromatic amines is 1. The maximum Gasteiger partial charge on any atom is 0.205 e. The van der Waals surface area contributed by atoms with E-state index in [0.29, 0.717) is 12.0 Å². The van der Waals surface area contributed by atoms with Gasteiger partial charge in [-0.05, 0) is 49.6 Å². The summed E-state index contributed by atoms with van der Waals surface area (Å²) in [4.78, 5) is 10.9. The van der Waals surface area contributed by atoms with Crippen LogP contribution in [0.15, 0.2) is 30.3 Å². The number of piperidine rings is 1. The number of anilines is 1. The molecule has 1 unspecified atom stereocenters. The molecule has 5 heteroatoms. The fourth-order valence-electron chi connectivity index (χ4n) is 3.61. The van der Waals surface area contributed by atoms with Gasteiger partial charge in [0.15, 0.2) is 0 Å². The third-order valence-electron chi connectivity index (χ3n) is 5.03. The summed E-state index contributed by atoms with van der Waals surface area (Å²) < 4.78 is 4.60. The Morgan fingerprint density at radius 2 is 2.04 bits per heavy atom. The third-order valence-corrected chi connectivity index (χ3v) is 5.80. The first kappa shape index (κ1) is 13.5. The van der Waals surface area contributed by atoms with Crippen LogP contribution in [0.3, 0.4) is 0 Å². The molecule has 4 nitrogen and oxygen atoms in total. The second-order valence-corrected chi connectivity index (χ2v) is 7.46. The lowest BCUT2D eigenvalue weighted by molar-refractivity contribution is 0.466. The van der Waals surface area contributed by atoms with Crippen LogP contribution in [0, 0.1) is 0 Å². The molecular weight excluding hydrogens is 304 g/mol. The van der Waals surface area contributed by atoms with Crippen LogP contribution < -0.4 is 4.90 Å². The number of nitrogens with one attached hydrogen (secondary N) is 1. The van der Waals surface area contributed by atoms with Crippen molar-refractivity contribution in [2.75, 3.05) is 11.4 Å². The molecule has 118 valence electrons. The van der Waals surface area contributed by atoms with Gasteiger partial charge in [-0.2, -0.15) is 4.37 Å². The van der Waals surface area contributed by atoms with Gasteiger partial charge >= 0.3 is 0 Å². The Kier molecular flexibility index (Phi) is 3.14. The van der Waals surface area contributed by atoms with Gasteiger partial charge in [-0.1, -0.05) is 18.2 Å². The summed E-state index contributed by atoms with van der Waals surface area (Å²) in [5, 5.41) is 2.40. The van der Waals surface area contributed by atoms with E-state index in [1.54, 1.807) is 11.5 Å². The molecule has 1 saturated heterocycles. The van der Waals surface area contributed by atoms with E-state index in [4.69, 9.17) is 4.98 Å². The van der Waals surface area contributed by atoms with Crippen molar-refractivity contribution in [3.8, 4) is 0 Å². The molecule has 5 rings (SSSR count). The minimum atomic E-state index is 0.399. The molecule has 1 N–H and O–H groups in total. The van der Waals surface area contributed by atoms with Gasteiger partial charge in [0.1, 0.15) is 5.82 Å². The van der Waals surface area contributed by atoms with Crippen molar-refractivity contribution in [2.45, 2.75) is 44.1 Å². The second kappa shape index (κ2) is 5.34. The fraction of sp³-hybridized carbons (Fsp3) is 0.444. The number of para-hydroxylation sites is 1. The Bertz CT molecular complexity index is 799. The average Bonchev–Trinajstić information content (AvgIpc) is 3.17. The Balaban J connectivity index is 1.50. The van der Waals surface area contributed by atoms with Crippen LogP contribution in [0.1, 0.15) is 55.6 Å². The van der Waals surface area contributed by atoms with Crippen LogP contribution in [-0.2, 0) is 0 Å². The number of fused-ring (bicyclic) bond motifs is 1. The zero-order valence-corrected chi connectivity index (χ0v) is 13.9. The average molecular weight is 324 g/mol. The van der Waals surface area contributed by atoms with Crippen molar-refractivity contribution in [3.05, 3.63) is 41.9 Å². The van der Waals surface area contributed by atoms with Gasteiger partial charge in [0.25, 0.3) is 0 Å². The van der Waals surface area contributed by atoms with E-state index >= 15 is 0 Å². The minimum Gasteiger partial charge on any atom is -0.357 e. The van der Waals surface area contributed by atoms with E-state index in [2.05, 4.69) is 44.6 Å². The first-order chi connectivity index (χ1) is 11.4. The molecule has 23 heavy (non-hydrogen) atoms. The topological polar surface area (TPSA) is 44.8 Å². The van der Waals surface area contributed by atoms with Gasteiger partial charge < -0.3 is 9.88 Å². The van der Waals surface area contributed by atoms with Gasteiger partial charge in [-0.3, -0.25) is 0 Å². The standard InChI is InChI=1S/C18H20N4S/c1-2-6-14-13(5-1)11-15(19-14)16-7-3-4-10-22(16)18-20-17(21-23-18)12-8-9-12/h1-2,5-6,11-12,16,19H,3-4,7-10H2. The van der Waals surface area contributed by atoms with E-state index in [1.807, 2.05) is 0 Å². The lowest BCUT2D eigenvalue weighted by atomic mass is 10.00. The van der Waals surface area contributed by atoms with Gasteiger partial charge in [0, 0.05) is 35.2 Å². The molecule has 1 atom stereocenters. The highest BCUT2D eigenvalue weighted by molar-refractivity contribution is 7.09. The summed E-state index contributed by atoms with van der Waals surface area (Å²) in [5.74, 6) is 1.71. The lowest BCUT2D eigenvalue weighted by Gasteiger charge is -2.34. The number of hydrogen-bond donors (Lipinski definition) is 1. The molecular formula is C18H20N4S. The first-order valence-corrected chi connectivity index (χ1v) is 9.34. The van der Waals surface area contributed by atoms with Crippen molar-refractivity contribution >= 4 is 27.6 Å². The number of benzene rings is 1. The maximum atomic E-state index is 4.85. The van der Waals surface area contributed by atoms with Gasteiger partial charge in [0.2, 0.25) is 5.13 Å². The summed E-state index contributed by atoms with van der Waals surface area (Å²) in [7, 11) is 0. The SMILES string of the molecule is c1ccc2[nH]c(C3CCCCN3c3nc(C4CC4)ns3)cc2c1. The molecule has 1 saturated carbocycles. The van der Waals surface area contributed by atoms with Gasteiger partial charge in [0.05, 0.1) is 6.04 Å². The predicted molar refractivity (Wildman–Crippen MR) is 94.1 cm³/mol. The number of nitrogens with zero attached hydrogens (tertiary/aromatic N) is 3. The molecule has 0 bridgehead atoms. The van der Waals surface area contributed by atoms with Crippen LogP contribution in [-0.4, -0.2) is 20.9 Å². The van der Waals surface area contributed by atoms with Crippen molar-refractivity contribution in [1.82, 2.24) is 14.3 Å². The van der Waals surface area contributed by atoms with E-state index in [1.165, 1.54) is 48.7 Å². The summed E-state index contributed by atoms with van der Waals surface area (Å²) in [6.45, 7) is 1.08. The van der Waals surface area contributed by atoms with E-state index in [-0.39, 0.29) is 0 Å². The molecule has 1 aliphatic carbocycles. The highest BCUT2D eigenvalue weighted by Gasteiger charge is 2.31. The molecule has 3 heterocycles. The largest absolute Gasteiger partial charge is 0.357 e. The predicted octanol–water partition coefficient (Wildman–Crippen LogP) is 4.63. The highest BCUT2D eigenvalue weighted by Crippen LogP contribution is 2.42. The molecule has 1 aromatic carbocycles. The molecule has 2 aliphatic rings. The fourth-order valence-corrected chi connectivity index (χ4v) is 4.43. The Morgan fingerprint density at radius 3 is 2.91 bits per heavy atom. The van der Waals surface area contributed by atoms with Crippen molar-refractivity contribution in [3.63, 3.8) is 0 Å². The molecule has 2 aromatic heterocycles. The zero-order chi connectivity index (χ0) is 15.2. The highest BCUT2D eigenvalue weighted by atomic mass is 32.1. The monoisotopic (exact) mass is 324 g/mol. The van der Waals surface area contributed by atoms with E-state index < -0.39 is 0 Å². The molecule has 0 amide bonds. The lowest BCUT2D eigenvalue weighted by Crippen LogP contribution is -2.33. The van der Waals surface area contributed by atoms with E-state index in [9.17, 15) is 0 Å². The normalized spacial score (nSPS) is 21.9.